The van der Waals surface area contributed by atoms with E-state index in [-0.39, 0.29) is 12.7 Å². The third kappa shape index (κ3) is 4.70. The number of hydrogen-bond acceptors (Lipinski definition) is 5. The summed E-state index contributed by atoms with van der Waals surface area (Å²) in [7, 11) is 0. The van der Waals surface area contributed by atoms with Crippen LogP contribution in [0.3, 0.4) is 0 Å². The van der Waals surface area contributed by atoms with Gasteiger partial charge in [0.05, 0.1) is 6.61 Å². The molecule has 1 N–H and O–H groups in total. The molecule has 2 heterocycles. The van der Waals surface area contributed by atoms with Gasteiger partial charge in [0.1, 0.15) is 11.4 Å². The van der Waals surface area contributed by atoms with E-state index in [4.69, 9.17) is 14.2 Å². The Balaban J connectivity index is 1.15. The number of likely N-dealkylation sites (tertiary alicyclic amines) is 1. The summed E-state index contributed by atoms with van der Waals surface area (Å²) in [6, 6.07) is 26.0. The Morgan fingerprint density at radius 2 is 1.48 bits per heavy atom. The summed E-state index contributed by atoms with van der Waals surface area (Å²) in [4.78, 5) is 2.48. The van der Waals surface area contributed by atoms with E-state index in [1.165, 1.54) is 0 Å². The van der Waals surface area contributed by atoms with Gasteiger partial charge in [-0.1, -0.05) is 60.7 Å². The van der Waals surface area contributed by atoms with Crippen LogP contribution in [-0.2, 0) is 5.60 Å². The van der Waals surface area contributed by atoms with Gasteiger partial charge in [0.25, 0.3) is 0 Å². The second-order valence-electron chi connectivity index (χ2n) is 8.83. The van der Waals surface area contributed by atoms with E-state index in [0.717, 1.165) is 67.3 Å². The van der Waals surface area contributed by atoms with Crippen LogP contribution in [0.4, 0.5) is 0 Å². The van der Waals surface area contributed by atoms with Crippen LogP contribution >= 0.6 is 0 Å². The largest absolute Gasteiger partial charge is 0.493 e. The predicted molar refractivity (Wildman–Crippen MR) is 128 cm³/mol. The molecule has 5 nitrogen and oxygen atoms in total. The summed E-state index contributed by atoms with van der Waals surface area (Å²) >= 11 is 0. The minimum absolute atomic E-state index is 0.184. The summed E-state index contributed by atoms with van der Waals surface area (Å²) in [5, 5.41) is 12.0. The first-order valence-electron chi connectivity index (χ1n) is 11.8. The van der Waals surface area contributed by atoms with Crippen molar-refractivity contribution >= 4 is 0 Å². The molecule has 0 spiro atoms. The van der Waals surface area contributed by atoms with E-state index in [9.17, 15) is 5.11 Å². The first-order valence-corrected chi connectivity index (χ1v) is 11.8. The highest BCUT2D eigenvalue weighted by molar-refractivity contribution is 5.46. The Bertz CT molecular complexity index is 993. The molecule has 1 fully saturated rings. The number of fused-ring (bicyclic) bond motifs is 1. The molecule has 0 radical (unpaired) electrons. The van der Waals surface area contributed by atoms with E-state index in [1.54, 1.807) is 0 Å². The zero-order valence-corrected chi connectivity index (χ0v) is 18.9. The fraction of sp³-hybridized carbons (Fsp3) is 0.357. The predicted octanol–water partition coefficient (Wildman–Crippen LogP) is 4.83. The van der Waals surface area contributed by atoms with Gasteiger partial charge in [0.2, 0.25) is 6.79 Å². The Hall–Kier alpha value is -3.02. The zero-order valence-electron chi connectivity index (χ0n) is 18.9. The number of ether oxygens (including phenoxy) is 3. The number of nitrogens with zero attached hydrogens (tertiary/aromatic N) is 1. The molecule has 0 atom stereocenters. The van der Waals surface area contributed by atoms with Crippen molar-refractivity contribution in [2.24, 2.45) is 5.92 Å². The molecular weight excluding hydrogens is 414 g/mol. The quantitative estimate of drug-likeness (QED) is 0.503. The summed E-state index contributed by atoms with van der Waals surface area (Å²) in [5.74, 6) is 2.52. The van der Waals surface area contributed by atoms with Gasteiger partial charge in [-0.15, -0.1) is 0 Å². The molecule has 3 aromatic carbocycles. The summed E-state index contributed by atoms with van der Waals surface area (Å²) in [5.41, 5.74) is 0.996. The molecule has 0 unspecified atom stereocenters. The average Bonchev–Trinajstić information content (AvgIpc) is 3.36. The average molecular weight is 446 g/mol. The Labute approximate surface area is 195 Å². The lowest BCUT2D eigenvalue weighted by atomic mass is 9.72. The van der Waals surface area contributed by atoms with Gasteiger partial charge in [0, 0.05) is 12.6 Å². The number of aliphatic hydroxyl groups is 1. The second-order valence-corrected chi connectivity index (χ2v) is 8.83. The number of hydrogen-bond donors (Lipinski definition) is 1. The standard InChI is InChI=1S/C28H31NO4/c30-28(22-8-3-1-4-9-22,23-10-5-2-6-11-23)24-14-17-29(18-15-24)16-7-19-31-25-12-13-26-27(20-25)33-21-32-26/h1-6,8-13,20,24,30H,7,14-19,21H2. The molecule has 0 saturated carbocycles. The van der Waals surface area contributed by atoms with Crippen molar-refractivity contribution in [3.63, 3.8) is 0 Å². The maximum atomic E-state index is 12.0. The van der Waals surface area contributed by atoms with E-state index in [1.807, 2.05) is 78.9 Å². The van der Waals surface area contributed by atoms with Gasteiger partial charge >= 0.3 is 0 Å². The van der Waals surface area contributed by atoms with Gasteiger partial charge in [0.15, 0.2) is 11.5 Å². The molecule has 0 aliphatic carbocycles. The van der Waals surface area contributed by atoms with Gasteiger partial charge in [-0.05, 0) is 61.5 Å². The molecule has 5 rings (SSSR count). The third-order valence-electron chi connectivity index (χ3n) is 6.84. The van der Waals surface area contributed by atoms with Crippen LogP contribution < -0.4 is 14.2 Å². The lowest BCUT2D eigenvalue weighted by Gasteiger charge is -2.42. The second kappa shape index (κ2) is 9.86. The molecule has 1 saturated heterocycles. The summed E-state index contributed by atoms with van der Waals surface area (Å²) in [6.45, 7) is 3.90. The molecule has 0 amide bonds. The fourth-order valence-electron chi connectivity index (χ4n) is 5.04. The van der Waals surface area contributed by atoms with Crippen LogP contribution in [0.15, 0.2) is 78.9 Å². The number of piperidine rings is 1. The van der Waals surface area contributed by atoms with Crippen LogP contribution in [0.1, 0.15) is 30.4 Å². The van der Waals surface area contributed by atoms with Crippen LogP contribution in [0, 0.1) is 5.92 Å². The lowest BCUT2D eigenvalue weighted by Crippen LogP contribution is -2.44. The van der Waals surface area contributed by atoms with Crippen LogP contribution in [0.2, 0.25) is 0 Å². The van der Waals surface area contributed by atoms with E-state index >= 15 is 0 Å². The van der Waals surface area contributed by atoms with Crippen molar-refractivity contribution in [3.8, 4) is 17.2 Å². The third-order valence-corrected chi connectivity index (χ3v) is 6.84. The molecule has 0 aromatic heterocycles. The first kappa shape index (κ1) is 21.8. The molecule has 2 aliphatic rings. The molecule has 172 valence electrons. The topological polar surface area (TPSA) is 51.2 Å². The Morgan fingerprint density at radius 3 is 2.15 bits per heavy atom. The van der Waals surface area contributed by atoms with Crippen molar-refractivity contribution in [1.29, 1.82) is 0 Å². The van der Waals surface area contributed by atoms with Crippen molar-refractivity contribution < 1.29 is 19.3 Å². The van der Waals surface area contributed by atoms with Crippen molar-refractivity contribution in [2.45, 2.75) is 24.9 Å². The van der Waals surface area contributed by atoms with Crippen LogP contribution in [0.25, 0.3) is 0 Å². The Morgan fingerprint density at radius 1 is 0.848 bits per heavy atom. The smallest absolute Gasteiger partial charge is 0.231 e. The monoisotopic (exact) mass is 445 g/mol. The SMILES string of the molecule is OC(c1ccccc1)(c1ccccc1)C1CCN(CCCOc2ccc3c(c2)OCO3)CC1. The van der Waals surface area contributed by atoms with Crippen molar-refractivity contribution in [3.05, 3.63) is 90.0 Å². The van der Waals surface area contributed by atoms with Crippen LogP contribution in [-0.4, -0.2) is 43.0 Å². The van der Waals surface area contributed by atoms with Gasteiger partial charge in [-0.25, -0.2) is 0 Å². The van der Waals surface area contributed by atoms with Gasteiger partial charge in [-0.2, -0.15) is 0 Å². The maximum Gasteiger partial charge on any atom is 0.231 e. The molecule has 2 aliphatic heterocycles. The highest BCUT2D eigenvalue weighted by atomic mass is 16.7. The maximum absolute atomic E-state index is 12.0. The molecule has 3 aromatic rings. The highest BCUT2D eigenvalue weighted by Gasteiger charge is 2.41. The number of rotatable bonds is 8. The Kier molecular flexibility index (Phi) is 6.51. The van der Waals surface area contributed by atoms with Crippen molar-refractivity contribution in [2.75, 3.05) is 33.0 Å². The molecule has 5 heteroatoms. The van der Waals surface area contributed by atoms with E-state index in [2.05, 4.69) is 4.90 Å². The normalized spacial score (nSPS) is 16.6. The fourth-order valence-corrected chi connectivity index (χ4v) is 5.04. The van der Waals surface area contributed by atoms with Gasteiger partial charge in [-0.3, -0.25) is 0 Å². The minimum atomic E-state index is -0.961. The highest BCUT2D eigenvalue weighted by Crippen LogP contribution is 2.42. The molecule has 0 bridgehead atoms. The number of benzene rings is 3. The van der Waals surface area contributed by atoms with Crippen molar-refractivity contribution in [1.82, 2.24) is 4.90 Å². The van der Waals surface area contributed by atoms with Crippen LogP contribution in [0.5, 0.6) is 17.2 Å². The van der Waals surface area contributed by atoms with E-state index < -0.39 is 5.60 Å². The summed E-state index contributed by atoms with van der Waals surface area (Å²) in [6.07, 6.45) is 2.88. The van der Waals surface area contributed by atoms with E-state index in [0.29, 0.717) is 6.61 Å². The molecule has 33 heavy (non-hydrogen) atoms. The zero-order chi connectivity index (χ0) is 22.5. The summed E-state index contributed by atoms with van der Waals surface area (Å²) < 4.78 is 16.7. The molecular formula is C28H31NO4. The lowest BCUT2D eigenvalue weighted by molar-refractivity contribution is -0.0146. The van der Waals surface area contributed by atoms with Gasteiger partial charge < -0.3 is 24.2 Å². The minimum Gasteiger partial charge on any atom is -0.493 e. The first-order chi connectivity index (χ1) is 16.2.